The van der Waals surface area contributed by atoms with Crippen molar-refractivity contribution in [2.24, 2.45) is 5.92 Å². The highest BCUT2D eigenvalue weighted by atomic mass is 19.1. The molecule has 0 atom stereocenters. The van der Waals surface area contributed by atoms with Crippen molar-refractivity contribution in [2.75, 3.05) is 0 Å². The van der Waals surface area contributed by atoms with Gasteiger partial charge < -0.3 is 0 Å². The summed E-state index contributed by atoms with van der Waals surface area (Å²) < 4.78 is 27.3. The zero-order valence-corrected chi connectivity index (χ0v) is 17.1. The molecule has 0 saturated heterocycles. The number of carbonyl (C=O) groups excluding carboxylic acids is 2. The first-order valence-electron chi connectivity index (χ1n) is 10.2. The Kier molecular flexibility index (Phi) is 6.31. The van der Waals surface area contributed by atoms with E-state index in [1.807, 2.05) is 0 Å². The van der Waals surface area contributed by atoms with Gasteiger partial charge in [0.1, 0.15) is 11.6 Å². The van der Waals surface area contributed by atoms with Gasteiger partial charge in [-0.05, 0) is 35.4 Å². The smallest absolute Gasteiger partial charge is 0.174 e. The van der Waals surface area contributed by atoms with Crippen LogP contribution in [0.2, 0.25) is 0 Å². The third kappa shape index (κ3) is 4.54. The molecule has 158 valence electrons. The fraction of sp³-hybridized carbons (Fsp3) is 0.0714. The number of ketones is 2. The minimum atomic E-state index is -1.12. The molecule has 0 aromatic heterocycles. The van der Waals surface area contributed by atoms with E-state index in [1.165, 1.54) is 24.3 Å². The second-order valence-corrected chi connectivity index (χ2v) is 7.52. The molecule has 0 amide bonds. The fourth-order valence-corrected chi connectivity index (χ4v) is 3.90. The molecule has 0 bridgehead atoms. The number of carbonyl (C=O) groups is 2. The summed E-state index contributed by atoms with van der Waals surface area (Å²) in [6.45, 7) is 0. The lowest BCUT2D eigenvalue weighted by Crippen LogP contribution is -2.31. The molecule has 4 aromatic rings. The number of halogens is 2. The molecule has 0 unspecified atom stereocenters. The van der Waals surface area contributed by atoms with E-state index in [-0.39, 0.29) is 11.6 Å². The molecule has 0 fully saturated rings. The third-order valence-corrected chi connectivity index (χ3v) is 5.47. The molecular formula is C28H20F2O2. The number of hydrogen-bond donors (Lipinski definition) is 0. The van der Waals surface area contributed by atoms with Crippen molar-refractivity contribution in [3.05, 3.63) is 143 Å². The zero-order valence-electron chi connectivity index (χ0n) is 17.1. The molecule has 0 spiro atoms. The number of rotatable bonds is 7. The van der Waals surface area contributed by atoms with Crippen molar-refractivity contribution in [2.45, 2.75) is 5.92 Å². The summed E-state index contributed by atoms with van der Waals surface area (Å²) in [5.74, 6) is -3.39. The lowest BCUT2D eigenvalue weighted by atomic mass is 9.73. The Labute approximate surface area is 185 Å². The monoisotopic (exact) mass is 426 g/mol. The second-order valence-electron chi connectivity index (χ2n) is 7.52. The van der Waals surface area contributed by atoms with Crippen LogP contribution in [0.5, 0.6) is 0 Å². The minimum absolute atomic E-state index is 0.349. The average Bonchev–Trinajstić information content (AvgIpc) is 2.84. The lowest BCUT2D eigenvalue weighted by molar-refractivity contribution is 0.0793. The predicted octanol–water partition coefficient (Wildman–Crippen LogP) is 6.48. The van der Waals surface area contributed by atoms with E-state index in [0.29, 0.717) is 22.3 Å². The summed E-state index contributed by atoms with van der Waals surface area (Å²) in [7, 11) is 0. The Morgan fingerprint density at radius 1 is 0.500 bits per heavy atom. The standard InChI is InChI=1S/C28H20F2O2/c29-23-15-11-19(12-16-23)25(20-13-17-24(30)18-14-20)26(27(31)21-7-3-1-4-8-21)28(32)22-9-5-2-6-10-22/h1-18,25-26H. The van der Waals surface area contributed by atoms with E-state index in [0.717, 1.165) is 0 Å². The largest absolute Gasteiger partial charge is 0.293 e. The van der Waals surface area contributed by atoms with Crippen molar-refractivity contribution < 1.29 is 18.4 Å². The maximum Gasteiger partial charge on any atom is 0.174 e. The average molecular weight is 426 g/mol. The van der Waals surface area contributed by atoms with Crippen LogP contribution < -0.4 is 0 Å². The van der Waals surface area contributed by atoms with Crippen LogP contribution in [-0.2, 0) is 0 Å². The van der Waals surface area contributed by atoms with Gasteiger partial charge in [0.05, 0.1) is 5.92 Å². The van der Waals surface area contributed by atoms with Crippen LogP contribution in [0.1, 0.15) is 37.8 Å². The van der Waals surface area contributed by atoms with Crippen LogP contribution in [0.25, 0.3) is 0 Å². The Balaban J connectivity index is 1.91. The molecule has 32 heavy (non-hydrogen) atoms. The van der Waals surface area contributed by atoms with Crippen LogP contribution in [0.15, 0.2) is 109 Å². The maximum absolute atomic E-state index is 13.7. The highest BCUT2D eigenvalue weighted by Crippen LogP contribution is 2.36. The molecule has 0 aliphatic heterocycles. The SMILES string of the molecule is O=C(c1ccccc1)C(C(=O)c1ccccc1)C(c1ccc(F)cc1)c1ccc(F)cc1. The Morgan fingerprint density at radius 2 is 0.844 bits per heavy atom. The van der Waals surface area contributed by atoms with E-state index >= 15 is 0 Å². The summed E-state index contributed by atoms with van der Waals surface area (Å²) in [6, 6.07) is 28.6. The van der Waals surface area contributed by atoms with E-state index in [2.05, 4.69) is 0 Å². The highest BCUT2D eigenvalue weighted by Gasteiger charge is 2.37. The van der Waals surface area contributed by atoms with Crippen LogP contribution in [0.3, 0.4) is 0 Å². The maximum atomic E-state index is 13.7. The normalized spacial score (nSPS) is 11.0. The number of benzene rings is 4. The highest BCUT2D eigenvalue weighted by molar-refractivity contribution is 6.17. The molecular weight excluding hydrogens is 406 g/mol. The topological polar surface area (TPSA) is 34.1 Å². The summed E-state index contributed by atoms with van der Waals surface area (Å²) in [4.78, 5) is 27.4. The van der Waals surface area contributed by atoms with Gasteiger partial charge in [-0.3, -0.25) is 9.59 Å². The van der Waals surface area contributed by atoms with E-state index in [4.69, 9.17) is 0 Å². The van der Waals surface area contributed by atoms with E-state index < -0.39 is 23.5 Å². The molecule has 4 rings (SSSR count). The van der Waals surface area contributed by atoms with Gasteiger partial charge in [-0.25, -0.2) is 8.78 Å². The summed E-state index contributed by atoms with van der Waals surface area (Å²) >= 11 is 0. The molecule has 4 heteroatoms. The van der Waals surface area contributed by atoms with Crippen molar-refractivity contribution in [3.8, 4) is 0 Å². The van der Waals surface area contributed by atoms with Gasteiger partial charge in [0.25, 0.3) is 0 Å². The zero-order chi connectivity index (χ0) is 22.5. The van der Waals surface area contributed by atoms with Crippen LogP contribution in [0.4, 0.5) is 8.78 Å². The third-order valence-electron chi connectivity index (χ3n) is 5.47. The molecule has 0 saturated carbocycles. The predicted molar refractivity (Wildman–Crippen MR) is 120 cm³/mol. The Bertz CT molecular complexity index is 1110. The van der Waals surface area contributed by atoms with Gasteiger partial charge >= 0.3 is 0 Å². The van der Waals surface area contributed by atoms with Gasteiger partial charge in [-0.2, -0.15) is 0 Å². The van der Waals surface area contributed by atoms with E-state index in [9.17, 15) is 18.4 Å². The van der Waals surface area contributed by atoms with Crippen LogP contribution in [0, 0.1) is 17.6 Å². The van der Waals surface area contributed by atoms with Crippen molar-refractivity contribution in [1.82, 2.24) is 0 Å². The number of hydrogen-bond acceptors (Lipinski definition) is 2. The minimum Gasteiger partial charge on any atom is -0.293 e. The first-order valence-corrected chi connectivity index (χ1v) is 10.2. The Morgan fingerprint density at radius 3 is 1.19 bits per heavy atom. The van der Waals surface area contributed by atoms with Crippen molar-refractivity contribution >= 4 is 11.6 Å². The van der Waals surface area contributed by atoms with Gasteiger partial charge in [0.15, 0.2) is 11.6 Å². The molecule has 0 N–H and O–H groups in total. The van der Waals surface area contributed by atoms with Gasteiger partial charge in [-0.1, -0.05) is 84.9 Å². The summed E-state index contributed by atoms with van der Waals surface area (Å²) in [5, 5.41) is 0. The second kappa shape index (κ2) is 9.48. The van der Waals surface area contributed by atoms with Crippen LogP contribution in [-0.4, -0.2) is 11.6 Å². The first-order chi connectivity index (χ1) is 15.5. The molecule has 0 heterocycles. The summed E-state index contributed by atoms with van der Waals surface area (Å²) in [5.41, 5.74) is 1.99. The van der Waals surface area contributed by atoms with Gasteiger partial charge in [-0.15, -0.1) is 0 Å². The quantitative estimate of drug-likeness (QED) is 0.250. The lowest BCUT2D eigenvalue weighted by Gasteiger charge is -2.27. The van der Waals surface area contributed by atoms with E-state index in [1.54, 1.807) is 84.9 Å². The van der Waals surface area contributed by atoms with Gasteiger partial charge in [0.2, 0.25) is 0 Å². The number of Topliss-reactive ketones (excluding diaryl/α,β-unsaturated/α-hetero) is 2. The first kappa shape index (κ1) is 21.3. The molecule has 0 aliphatic rings. The summed E-state index contributed by atoms with van der Waals surface area (Å²) in [6.07, 6.45) is 0. The van der Waals surface area contributed by atoms with Gasteiger partial charge in [0, 0.05) is 17.0 Å². The molecule has 0 aliphatic carbocycles. The molecule has 0 radical (unpaired) electrons. The van der Waals surface area contributed by atoms with Crippen LogP contribution >= 0.6 is 0 Å². The van der Waals surface area contributed by atoms with Crippen molar-refractivity contribution in [3.63, 3.8) is 0 Å². The molecule has 2 nitrogen and oxygen atoms in total. The Hall–Kier alpha value is -3.92. The van der Waals surface area contributed by atoms with Crippen molar-refractivity contribution in [1.29, 1.82) is 0 Å². The molecule has 4 aromatic carbocycles. The fourth-order valence-electron chi connectivity index (χ4n) is 3.90.